The highest BCUT2D eigenvalue weighted by Gasteiger charge is 2.26. The smallest absolute Gasteiger partial charge is 0.0735 e. The third kappa shape index (κ3) is 1.43. The van der Waals surface area contributed by atoms with E-state index in [0.717, 1.165) is 6.54 Å². The fourth-order valence-electron chi connectivity index (χ4n) is 1.48. The third-order valence-corrected chi connectivity index (χ3v) is 2.03. The number of methoxy groups -OCH3 is 1. The Kier molecular flexibility index (Phi) is 2.09. The van der Waals surface area contributed by atoms with Crippen LogP contribution in [0.1, 0.15) is 6.92 Å². The van der Waals surface area contributed by atoms with Gasteiger partial charge in [0.1, 0.15) is 0 Å². The van der Waals surface area contributed by atoms with Crippen molar-refractivity contribution < 1.29 is 4.74 Å². The van der Waals surface area contributed by atoms with Crippen LogP contribution in [0.5, 0.6) is 0 Å². The predicted octanol–water partition coefficient (Wildman–Crippen LogP) is 0.583. The van der Waals surface area contributed by atoms with Crippen molar-refractivity contribution in [3.8, 4) is 0 Å². The number of hydrogen-bond acceptors (Lipinski definition) is 2. The van der Waals surface area contributed by atoms with E-state index in [4.69, 9.17) is 4.74 Å². The minimum absolute atomic E-state index is 0.468. The zero-order valence-corrected chi connectivity index (χ0v) is 6.42. The first-order chi connectivity index (χ1) is 4.24. The molecule has 1 aliphatic heterocycles. The molecule has 0 aromatic rings. The Labute approximate surface area is 56.8 Å². The molecule has 0 aromatic heterocycles. The van der Waals surface area contributed by atoms with Crippen molar-refractivity contribution in [2.75, 3.05) is 27.2 Å². The van der Waals surface area contributed by atoms with Crippen LogP contribution in [0.15, 0.2) is 0 Å². The van der Waals surface area contributed by atoms with Crippen LogP contribution in [0.3, 0.4) is 0 Å². The van der Waals surface area contributed by atoms with E-state index >= 15 is 0 Å². The number of rotatable bonds is 1. The van der Waals surface area contributed by atoms with E-state index in [2.05, 4.69) is 18.9 Å². The van der Waals surface area contributed by atoms with Crippen molar-refractivity contribution >= 4 is 0 Å². The normalized spacial score (nSPS) is 37.7. The number of ether oxygens (including phenoxy) is 1. The van der Waals surface area contributed by atoms with Crippen LogP contribution in [0, 0.1) is 5.92 Å². The van der Waals surface area contributed by atoms with Crippen LogP contribution in [0.25, 0.3) is 0 Å². The van der Waals surface area contributed by atoms with Crippen molar-refractivity contribution in [1.29, 1.82) is 0 Å². The van der Waals surface area contributed by atoms with E-state index in [-0.39, 0.29) is 0 Å². The first-order valence-corrected chi connectivity index (χ1v) is 3.45. The molecule has 0 saturated carbocycles. The van der Waals surface area contributed by atoms with E-state index in [1.54, 1.807) is 7.11 Å². The molecule has 2 heteroatoms. The van der Waals surface area contributed by atoms with Crippen LogP contribution in [-0.4, -0.2) is 38.3 Å². The van der Waals surface area contributed by atoms with Gasteiger partial charge in [0.25, 0.3) is 0 Å². The second-order valence-corrected chi connectivity index (χ2v) is 2.97. The van der Waals surface area contributed by atoms with Crippen LogP contribution < -0.4 is 0 Å². The van der Waals surface area contributed by atoms with Gasteiger partial charge in [-0.3, -0.25) is 0 Å². The van der Waals surface area contributed by atoms with Crippen LogP contribution in [0.2, 0.25) is 0 Å². The average molecular weight is 129 g/mol. The molecule has 1 rings (SSSR count). The van der Waals surface area contributed by atoms with Gasteiger partial charge in [0, 0.05) is 20.2 Å². The highest BCUT2D eigenvalue weighted by atomic mass is 16.5. The lowest BCUT2D eigenvalue weighted by atomic mass is 10.1. The van der Waals surface area contributed by atoms with Crippen LogP contribution >= 0.6 is 0 Å². The zero-order chi connectivity index (χ0) is 6.85. The average Bonchev–Trinajstić information content (AvgIpc) is 2.10. The highest BCUT2D eigenvalue weighted by Crippen LogP contribution is 2.16. The molecule has 0 radical (unpaired) electrons. The lowest BCUT2D eigenvalue weighted by Gasteiger charge is -2.10. The second-order valence-electron chi connectivity index (χ2n) is 2.97. The Morgan fingerprint density at radius 2 is 2.11 bits per heavy atom. The lowest BCUT2D eigenvalue weighted by Crippen LogP contribution is -2.19. The summed E-state index contributed by atoms with van der Waals surface area (Å²) in [6, 6.07) is 0. The first kappa shape index (κ1) is 7.03. The molecule has 1 fully saturated rings. The molecule has 0 spiro atoms. The van der Waals surface area contributed by atoms with Gasteiger partial charge in [-0.05, 0) is 13.0 Å². The second kappa shape index (κ2) is 2.67. The maximum Gasteiger partial charge on any atom is 0.0735 e. The molecule has 0 bridgehead atoms. The summed E-state index contributed by atoms with van der Waals surface area (Å²) in [5.41, 5.74) is 0. The lowest BCUT2D eigenvalue weighted by molar-refractivity contribution is 0.0851. The topological polar surface area (TPSA) is 12.5 Å². The molecule has 0 aromatic carbocycles. The molecule has 2 atom stereocenters. The summed E-state index contributed by atoms with van der Waals surface area (Å²) in [5.74, 6) is 0.708. The molecular weight excluding hydrogens is 114 g/mol. The Balaban J connectivity index is 2.38. The first-order valence-electron chi connectivity index (χ1n) is 3.45. The van der Waals surface area contributed by atoms with Gasteiger partial charge in [0.15, 0.2) is 0 Å². The third-order valence-electron chi connectivity index (χ3n) is 2.03. The minimum Gasteiger partial charge on any atom is -0.380 e. The van der Waals surface area contributed by atoms with Gasteiger partial charge in [-0.25, -0.2) is 0 Å². The Morgan fingerprint density at radius 3 is 2.33 bits per heavy atom. The SMILES string of the molecule is CO[C@@H]1CN(C)CC1C. The standard InChI is InChI=1S/C7H15NO/c1-6-4-8(2)5-7(6)9-3/h6-7H,4-5H2,1-3H3/t6?,7-/m1/s1. The van der Waals surface area contributed by atoms with Crippen molar-refractivity contribution in [2.45, 2.75) is 13.0 Å². The fourth-order valence-corrected chi connectivity index (χ4v) is 1.48. The molecule has 54 valence electrons. The summed E-state index contributed by atoms with van der Waals surface area (Å²) in [6.45, 7) is 4.51. The summed E-state index contributed by atoms with van der Waals surface area (Å²) in [7, 11) is 3.93. The van der Waals surface area contributed by atoms with Gasteiger partial charge >= 0.3 is 0 Å². The summed E-state index contributed by atoms with van der Waals surface area (Å²) in [6.07, 6.45) is 0.468. The van der Waals surface area contributed by atoms with Gasteiger partial charge in [-0.2, -0.15) is 0 Å². The van der Waals surface area contributed by atoms with Crippen molar-refractivity contribution in [2.24, 2.45) is 5.92 Å². The van der Waals surface area contributed by atoms with E-state index in [1.807, 2.05) is 0 Å². The summed E-state index contributed by atoms with van der Waals surface area (Å²) >= 11 is 0. The number of hydrogen-bond donors (Lipinski definition) is 0. The van der Waals surface area contributed by atoms with Gasteiger partial charge in [0.2, 0.25) is 0 Å². The van der Waals surface area contributed by atoms with E-state index in [0.29, 0.717) is 12.0 Å². The monoisotopic (exact) mass is 129 g/mol. The quantitative estimate of drug-likeness (QED) is 0.513. The Hall–Kier alpha value is -0.0800. The molecule has 1 aliphatic rings. The van der Waals surface area contributed by atoms with Crippen LogP contribution in [0.4, 0.5) is 0 Å². The Bertz CT molecular complexity index is 94.9. The van der Waals surface area contributed by atoms with Crippen molar-refractivity contribution in [3.05, 3.63) is 0 Å². The van der Waals surface area contributed by atoms with Gasteiger partial charge in [-0.1, -0.05) is 6.92 Å². The van der Waals surface area contributed by atoms with E-state index < -0.39 is 0 Å². The molecule has 0 N–H and O–H groups in total. The van der Waals surface area contributed by atoms with Crippen molar-refractivity contribution in [1.82, 2.24) is 4.90 Å². The fraction of sp³-hybridized carbons (Fsp3) is 1.00. The number of likely N-dealkylation sites (tertiary alicyclic amines) is 1. The summed E-state index contributed by atoms with van der Waals surface area (Å²) < 4.78 is 5.25. The van der Waals surface area contributed by atoms with E-state index in [1.165, 1.54) is 6.54 Å². The number of likely N-dealkylation sites (N-methyl/N-ethyl adjacent to an activating group) is 1. The van der Waals surface area contributed by atoms with Crippen LogP contribution in [-0.2, 0) is 4.74 Å². The largest absolute Gasteiger partial charge is 0.380 e. The maximum atomic E-state index is 5.25. The van der Waals surface area contributed by atoms with Crippen molar-refractivity contribution in [3.63, 3.8) is 0 Å². The van der Waals surface area contributed by atoms with Gasteiger partial charge in [0.05, 0.1) is 6.10 Å². The zero-order valence-electron chi connectivity index (χ0n) is 6.42. The Morgan fingerprint density at radius 1 is 1.44 bits per heavy atom. The maximum absolute atomic E-state index is 5.25. The molecular formula is C7H15NO. The summed E-state index contributed by atoms with van der Waals surface area (Å²) in [4.78, 5) is 2.30. The minimum atomic E-state index is 0.468. The summed E-state index contributed by atoms with van der Waals surface area (Å²) in [5, 5.41) is 0. The molecule has 1 heterocycles. The molecule has 1 unspecified atom stereocenters. The molecule has 0 aliphatic carbocycles. The molecule has 9 heavy (non-hydrogen) atoms. The molecule has 1 saturated heterocycles. The van der Waals surface area contributed by atoms with Gasteiger partial charge < -0.3 is 9.64 Å². The predicted molar refractivity (Wildman–Crippen MR) is 37.5 cm³/mol. The van der Waals surface area contributed by atoms with E-state index in [9.17, 15) is 0 Å². The highest BCUT2D eigenvalue weighted by molar-refractivity contribution is 4.79. The molecule has 0 amide bonds. The van der Waals surface area contributed by atoms with Gasteiger partial charge in [-0.15, -0.1) is 0 Å². The molecule has 2 nitrogen and oxygen atoms in total. The number of nitrogens with zero attached hydrogens (tertiary/aromatic N) is 1.